The van der Waals surface area contributed by atoms with E-state index in [1.165, 1.54) is 32.1 Å². The van der Waals surface area contributed by atoms with Gasteiger partial charge in [0.05, 0.1) is 5.60 Å². The first kappa shape index (κ1) is 24.8. The summed E-state index contributed by atoms with van der Waals surface area (Å²) in [5.41, 5.74) is -2.55. The van der Waals surface area contributed by atoms with E-state index in [1.807, 2.05) is 6.92 Å². The van der Waals surface area contributed by atoms with E-state index in [4.69, 9.17) is 0 Å². The summed E-state index contributed by atoms with van der Waals surface area (Å²) in [5, 5.41) is 20.6. The highest BCUT2D eigenvalue weighted by atomic mass is 19.4. The molecule has 10 atom stereocenters. The normalized spacial score (nSPS) is 49.5. The number of rotatable bonds is 4. The molecular weight excluding hydrogens is 413 g/mol. The van der Waals surface area contributed by atoms with E-state index >= 15 is 0 Å². The smallest absolute Gasteiger partial charge is 0.390 e. The van der Waals surface area contributed by atoms with E-state index in [9.17, 15) is 23.4 Å². The molecule has 0 aromatic heterocycles. The monoisotopic (exact) mass is 458 g/mol. The van der Waals surface area contributed by atoms with Crippen molar-refractivity contribution < 1.29 is 23.4 Å². The Morgan fingerprint density at radius 1 is 0.906 bits per heavy atom. The SMILES string of the molecule is C[C@H](CC[C@@](C)(O)C(F)(F)F)[C@H]1CC[C@H]2[C@@H]3CC[C@H]4C[C@@](C)(O)CC[C@]4(C)[C@H]3CC[C@]12C. The molecule has 4 rings (SSSR count). The van der Waals surface area contributed by atoms with Crippen LogP contribution in [0.3, 0.4) is 0 Å². The Balaban J connectivity index is 1.46. The number of hydrogen-bond donors (Lipinski definition) is 2. The average Bonchev–Trinajstić information content (AvgIpc) is 3.03. The van der Waals surface area contributed by atoms with Crippen LogP contribution in [0.25, 0.3) is 0 Å². The summed E-state index contributed by atoms with van der Waals surface area (Å²) in [6.07, 6.45) is 5.85. The molecule has 4 aliphatic carbocycles. The largest absolute Gasteiger partial charge is 0.416 e. The minimum atomic E-state index is -4.56. The van der Waals surface area contributed by atoms with E-state index in [0.717, 1.165) is 44.4 Å². The molecule has 0 heterocycles. The lowest BCUT2D eigenvalue weighted by atomic mass is 9.43. The molecule has 0 aliphatic heterocycles. The molecule has 4 fully saturated rings. The summed E-state index contributed by atoms with van der Waals surface area (Å²) in [6, 6.07) is 0. The summed E-state index contributed by atoms with van der Waals surface area (Å²) in [4.78, 5) is 0. The van der Waals surface area contributed by atoms with Crippen LogP contribution >= 0.6 is 0 Å². The lowest BCUT2D eigenvalue weighted by Crippen LogP contribution is -2.55. The van der Waals surface area contributed by atoms with Crippen molar-refractivity contribution in [3.63, 3.8) is 0 Å². The summed E-state index contributed by atoms with van der Waals surface area (Å²) in [6.45, 7) is 9.99. The Kier molecular flexibility index (Phi) is 6.10. The minimum absolute atomic E-state index is 0.201. The molecule has 0 bridgehead atoms. The summed E-state index contributed by atoms with van der Waals surface area (Å²) < 4.78 is 39.4. The van der Waals surface area contributed by atoms with Crippen LogP contribution in [0.15, 0.2) is 0 Å². The first-order valence-corrected chi connectivity index (χ1v) is 13.1. The van der Waals surface area contributed by atoms with Gasteiger partial charge in [-0.05, 0) is 131 Å². The zero-order valence-electron chi connectivity index (χ0n) is 20.8. The molecule has 0 saturated heterocycles. The maximum absolute atomic E-state index is 13.1. The molecule has 0 unspecified atom stereocenters. The lowest BCUT2D eigenvalue weighted by Gasteiger charge is -2.62. The van der Waals surface area contributed by atoms with Crippen molar-refractivity contribution in [1.82, 2.24) is 0 Å². The summed E-state index contributed by atoms with van der Waals surface area (Å²) in [7, 11) is 0. The van der Waals surface area contributed by atoms with Gasteiger partial charge in [-0.25, -0.2) is 0 Å². The Hall–Kier alpha value is -0.290. The highest BCUT2D eigenvalue weighted by Crippen LogP contribution is 2.69. The molecule has 4 aliphatic rings. The zero-order chi connectivity index (χ0) is 23.7. The van der Waals surface area contributed by atoms with Crippen molar-refractivity contribution in [3.05, 3.63) is 0 Å². The molecule has 4 saturated carbocycles. The molecule has 32 heavy (non-hydrogen) atoms. The summed E-state index contributed by atoms with van der Waals surface area (Å²) >= 11 is 0. The van der Waals surface area contributed by atoms with Gasteiger partial charge in [0.25, 0.3) is 0 Å². The van der Waals surface area contributed by atoms with Crippen LogP contribution in [0.2, 0.25) is 0 Å². The molecule has 0 spiro atoms. The Morgan fingerprint density at radius 2 is 1.56 bits per heavy atom. The maximum atomic E-state index is 13.1. The first-order chi connectivity index (χ1) is 14.6. The van der Waals surface area contributed by atoms with Crippen molar-refractivity contribution in [2.45, 2.75) is 123 Å². The first-order valence-electron chi connectivity index (χ1n) is 13.1. The number of aliphatic hydroxyl groups is 2. The van der Waals surface area contributed by atoms with Crippen molar-refractivity contribution in [2.75, 3.05) is 0 Å². The molecule has 2 N–H and O–H groups in total. The third kappa shape index (κ3) is 3.95. The number of alkyl halides is 3. The molecule has 0 amide bonds. The van der Waals surface area contributed by atoms with E-state index in [2.05, 4.69) is 20.8 Å². The topological polar surface area (TPSA) is 40.5 Å². The Morgan fingerprint density at radius 3 is 2.22 bits per heavy atom. The van der Waals surface area contributed by atoms with Gasteiger partial charge in [-0.1, -0.05) is 20.8 Å². The zero-order valence-corrected chi connectivity index (χ0v) is 20.8. The van der Waals surface area contributed by atoms with Gasteiger partial charge in [0.2, 0.25) is 0 Å². The van der Waals surface area contributed by atoms with Gasteiger partial charge in [0.15, 0.2) is 5.60 Å². The van der Waals surface area contributed by atoms with Crippen LogP contribution in [0, 0.1) is 46.3 Å². The minimum Gasteiger partial charge on any atom is -0.390 e. The van der Waals surface area contributed by atoms with Crippen LogP contribution in [0.4, 0.5) is 13.2 Å². The van der Waals surface area contributed by atoms with Gasteiger partial charge in [-0.3, -0.25) is 0 Å². The van der Waals surface area contributed by atoms with Crippen molar-refractivity contribution in [3.8, 4) is 0 Å². The standard InChI is InChI=1S/C27H45F3O2/c1-17(10-13-26(5,32)27(28,29)30)20-8-9-21-19-7-6-18-16-23(2,31)14-15-24(18,3)22(19)11-12-25(20,21)4/h17-22,31-32H,6-16H2,1-5H3/t17-,18+,19+,20-,21+,22+,23+,24+,25-,26-/m1/s1. The van der Waals surface area contributed by atoms with E-state index in [1.54, 1.807) is 0 Å². The van der Waals surface area contributed by atoms with Crippen molar-refractivity contribution >= 4 is 0 Å². The molecule has 0 radical (unpaired) electrons. The third-order valence-electron chi connectivity index (χ3n) is 11.4. The quantitative estimate of drug-likeness (QED) is 0.471. The molecule has 2 nitrogen and oxygen atoms in total. The van der Waals surface area contributed by atoms with Crippen LogP contribution < -0.4 is 0 Å². The van der Waals surface area contributed by atoms with Crippen LogP contribution in [-0.2, 0) is 0 Å². The number of fused-ring (bicyclic) bond motifs is 5. The van der Waals surface area contributed by atoms with Gasteiger partial charge < -0.3 is 10.2 Å². The van der Waals surface area contributed by atoms with E-state index in [0.29, 0.717) is 29.6 Å². The number of halogens is 3. The second kappa shape index (κ2) is 7.86. The second-order valence-corrected chi connectivity index (χ2v) is 13.4. The van der Waals surface area contributed by atoms with Crippen LogP contribution in [0.1, 0.15) is 105 Å². The van der Waals surface area contributed by atoms with Crippen LogP contribution in [0.5, 0.6) is 0 Å². The Bertz CT molecular complexity index is 702. The van der Waals surface area contributed by atoms with E-state index < -0.39 is 17.4 Å². The van der Waals surface area contributed by atoms with E-state index in [-0.39, 0.29) is 17.8 Å². The van der Waals surface area contributed by atoms with Crippen molar-refractivity contribution in [1.29, 1.82) is 0 Å². The Labute approximate surface area is 192 Å². The van der Waals surface area contributed by atoms with Gasteiger partial charge in [0, 0.05) is 0 Å². The number of hydrogen-bond acceptors (Lipinski definition) is 2. The molecule has 5 heteroatoms. The van der Waals surface area contributed by atoms with Gasteiger partial charge >= 0.3 is 6.18 Å². The fourth-order valence-corrected chi connectivity index (χ4v) is 9.26. The predicted molar refractivity (Wildman–Crippen MR) is 121 cm³/mol. The third-order valence-corrected chi connectivity index (χ3v) is 11.4. The molecule has 0 aromatic carbocycles. The fraction of sp³-hybridized carbons (Fsp3) is 1.00. The van der Waals surface area contributed by atoms with Crippen LogP contribution in [-0.4, -0.2) is 27.6 Å². The predicted octanol–water partition coefficient (Wildman–Crippen LogP) is 7.13. The highest BCUT2D eigenvalue weighted by molar-refractivity contribution is 5.10. The maximum Gasteiger partial charge on any atom is 0.416 e. The highest BCUT2D eigenvalue weighted by Gasteiger charge is 2.61. The molecule has 186 valence electrons. The molecular formula is C27H45F3O2. The van der Waals surface area contributed by atoms with Gasteiger partial charge in [0.1, 0.15) is 0 Å². The molecule has 0 aromatic rings. The van der Waals surface area contributed by atoms with Gasteiger partial charge in [-0.2, -0.15) is 13.2 Å². The average molecular weight is 459 g/mol. The summed E-state index contributed by atoms with van der Waals surface area (Å²) in [5.74, 6) is 3.42. The lowest BCUT2D eigenvalue weighted by molar-refractivity contribution is -0.256. The fourth-order valence-electron chi connectivity index (χ4n) is 9.26. The van der Waals surface area contributed by atoms with Gasteiger partial charge in [-0.15, -0.1) is 0 Å². The van der Waals surface area contributed by atoms with Crippen molar-refractivity contribution in [2.24, 2.45) is 46.3 Å². The second-order valence-electron chi connectivity index (χ2n) is 13.4.